The van der Waals surface area contributed by atoms with Crippen LogP contribution >= 0.6 is 0 Å². The molecule has 0 N–H and O–H groups in total. The van der Waals surface area contributed by atoms with E-state index in [9.17, 15) is 0 Å². The van der Waals surface area contributed by atoms with Crippen molar-refractivity contribution in [3.05, 3.63) is 102 Å². The van der Waals surface area contributed by atoms with Gasteiger partial charge in [0.2, 0.25) is 0 Å². The molecule has 0 aliphatic carbocycles. The summed E-state index contributed by atoms with van der Waals surface area (Å²) >= 11 is 0. The molecule has 0 unspecified atom stereocenters. The quantitative estimate of drug-likeness (QED) is 0.350. The van der Waals surface area contributed by atoms with Crippen LogP contribution in [0.2, 0.25) is 0 Å². The molecule has 3 aromatic carbocycles. The molecule has 0 amide bonds. The van der Waals surface area contributed by atoms with Gasteiger partial charge >= 0.3 is 0 Å². The Labute approximate surface area is 203 Å². The van der Waals surface area contributed by atoms with Crippen LogP contribution in [0.25, 0.3) is 16.9 Å². The fourth-order valence-electron chi connectivity index (χ4n) is 4.77. The number of aromatic nitrogens is 2. The first-order valence-corrected chi connectivity index (χ1v) is 12.4. The SMILES string of the molecule is Cc1ccc(N2CCN(CCCc3cc(-c4ccccc4)n(-c4ccccc4)n3)CC2)cc1C. The van der Waals surface area contributed by atoms with Crippen LogP contribution < -0.4 is 4.90 Å². The molecule has 174 valence electrons. The maximum atomic E-state index is 5.00. The summed E-state index contributed by atoms with van der Waals surface area (Å²) in [6, 6.07) is 30.1. The van der Waals surface area contributed by atoms with Crippen molar-refractivity contribution >= 4 is 5.69 Å². The van der Waals surface area contributed by atoms with Crippen molar-refractivity contribution in [2.24, 2.45) is 0 Å². The molecule has 0 radical (unpaired) electrons. The summed E-state index contributed by atoms with van der Waals surface area (Å²) in [7, 11) is 0. The standard InChI is InChI=1S/C30H34N4/c1-24-15-16-29(22-25(24)2)33-20-18-32(19-21-33)17-9-12-27-23-30(26-10-5-3-6-11-26)34(31-27)28-13-7-4-8-14-28/h3-8,10-11,13-16,22-23H,9,12,17-21H2,1-2H3. The molecule has 4 heteroatoms. The molecule has 1 aromatic heterocycles. The lowest BCUT2D eigenvalue weighted by Crippen LogP contribution is -2.46. The number of rotatable bonds is 7. The molecule has 4 aromatic rings. The van der Waals surface area contributed by atoms with Crippen LogP contribution in [0.3, 0.4) is 0 Å². The predicted molar refractivity (Wildman–Crippen MR) is 142 cm³/mol. The Morgan fingerprint density at radius 1 is 0.706 bits per heavy atom. The van der Waals surface area contributed by atoms with Gasteiger partial charge in [0.05, 0.1) is 17.1 Å². The molecule has 0 atom stereocenters. The molecule has 34 heavy (non-hydrogen) atoms. The first-order valence-electron chi connectivity index (χ1n) is 12.4. The molecule has 5 rings (SSSR count). The van der Waals surface area contributed by atoms with Crippen LogP contribution in [0.5, 0.6) is 0 Å². The lowest BCUT2D eigenvalue weighted by molar-refractivity contribution is 0.255. The normalized spacial score (nSPS) is 14.5. The average Bonchev–Trinajstić information content (AvgIpc) is 3.31. The first kappa shape index (κ1) is 22.4. The van der Waals surface area contributed by atoms with Gasteiger partial charge in [-0.05, 0) is 74.7 Å². The number of nitrogens with zero attached hydrogens (tertiary/aromatic N) is 4. The summed E-state index contributed by atoms with van der Waals surface area (Å²) in [6.07, 6.45) is 2.13. The second-order valence-corrected chi connectivity index (χ2v) is 9.34. The lowest BCUT2D eigenvalue weighted by Gasteiger charge is -2.36. The maximum Gasteiger partial charge on any atom is 0.0743 e. The average molecular weight is 451 g/mol. The molecule has 0 saturated carbocycles. The largest absolute Gasteiger partial charge is 0.369 e. The zero-order valence-corrected chi connectivity index (χ0v) is 20.3. The minimum absolute atomic E-state index is 0.997. The van der Waals surface area contributed by atoms with E-state index in [1.807, 2.05) is 0 Å². The minimum Gasteiger partial charge on any atom is -0.369 e. The Morgan fingerprint density at radius 2 is 1.41 bits per heavy atom. The van der Waals surface area contributed by atoms with E-state index in [0.29, 0.717) is 0 Å². The number of para-hydroxylation sites is 1. The summed E-state index contributed by atoms with van der Waals surface area (Å²) in [5, 5.41) is 5.00. The van der Waals surface area contributed by atoms with Crippen LogP contribution in [-0.4, -0.2) is 47.4 Å². The van der Waals surface area contributed by atoms with E-state index in [0.717, 1.165) is 62.6 Å². The fraction of sp³-hybridized carbons (Fsp3) is 0.300. The van der Waals surface area contributed by atoms with Crippen LogP contribution in [0.15, 0.2) is 84.9 Å². The summed E-state index contributed by atoms with van der Waals surface area (Å²) in [6.45, 7) is 9.97. The van der Waals surface area contributed by atoms with E-state index < -0.39 is 0 Å². The molecule has 1 aliphatic rings. The topological polar surface area (TPSA) is 24.3 Å². The van der Waals surface area contributed by atoms with Gasteiger partial charge in [-0.2, -0.15) is 5.10 Å². The van der Waals surface area contributed by atoms with Gasteiger partial charge in [0.1, 0.15) is 0 Å². The Bertz CT molecular complexity index is 1150. The number of anilines is 1. The van der Waals surface area contributed by atoms with E-state index in [1.54, 1.807) is 0 Å². The van der Waals surface area contributed by atoms with E-state index in [2.05, 4.69) is 113 Å². The van der Waals surface area contributed by atoms with E-state index >= 15 is 0 Å². The molecule has 1 aliphatic heterocycles. The van der Waals surface area contributed by atoms with Crippen molar-refractivity contribution in [1.82, 2.24) is 14.7 Å². The van der Waals surface area contributed by atoms with E-state index in [1.165, 1.54) is 22.4 Å². The zero-order valence-electron chi connectivity index (χ0n) is 20.3. The van der Waals surface area contributed by atoms with Crippen LogP contribution in [0, 0.1) is 13.8 Å². The van der Waals surface area contributed by atoms with Crippen molar-refractivity contribution < 1.29 is 0 Å². The summed E-state index contributed by atoms with van der Waals surface area (Å²) in [5.74, 6) is 0. The Morgan fingerprint density at radius 3 is 2.12 bits per heavy atom. The third kappa shape index (κ3) is 5.07. The molecule has 0 spiro atoms. The predicted octanol–water partition coefficient (Wildman–Crippen LogP) is 5.91. The van der Waals surface area contributed by atoms with Crippen LogP contribution in [0.4, 0.5) is 5.69 Å². The van der Waals surface area contributed by atoms with Crippen molar-refractivity contribution in [3.8, 4) is 16.9 Å². The lowest BCUT2D eigenvalue weighted by atomic mass is 10.1. The highest BCUT2D eigenvalue weighted by Crippen LogP contribution is 2.25. The molecule has 2 heterocycles. The number of piperazine rings is 1. The van der Waals surface area contributed by atoms with E-state index in [4.69, 9.17) is 5.10 Å². The second kappa shape index (κ2) is 10.3. The van der Waals surface area contributed by atoms with Gasteiger partial charge < -0.3 is 4.90 Å². The number of benzene rings is 3. The van der Waals surface area contributed by atoms with E-state index in [-0.39, 0.29) is 0 Å². The number of aryl methyl sites for hydroxylation is 3. The minimum atomic E-state index is 0.997. The highest BCUT2D eigenvalue weighted by atomic mass is 15.3. The van der Waals surface area contributed by atoms with Gasteiger partial charge in [-0.3, -0.25) is 4.90 Å². The van der Waals surface area contributed by atoms with Crippen molar-refractivity contribution in [3.63, 3.8) is 0 Å². The molecular formula is C30H34N4. The Balaban J connectivity index is 1.20. The van der Waals surface area contributed by atoms with Gasteiger partial charge in [0, 0.05) is 37.4 Å². The summed E-state index contributed by atoms with van der Waals surface area (Å²) < 4.78 is 2.09. The van der Waals surface area contributed by atoms with Crippen LogP contribution in [0.1, 0.15) is 23.2 Å². The third-order valence-corrected chi connectivity index (χ3v) is 6.97. The molecule has 1 fully saturated rings. The van der Waals surface area contributed by atoms with Gasteiger partial charge in [-0.15, -0.1) is 0 Å². The maximum absolute atomic E-state index is 5.00. The van der Waals surface area contributed by atoms with Gasteiger partial charge in [-0.25, -0.2) is 4.68 Å². The fourth-order valence-corrected chi connectivity index (χ4v) is 4.77. The molecule has 4 nitrogen and oxygen atoms in total. The summed E-state index contributed by atoms with van der Waals surface area (Å²) in [5.41, 5.74) is 8.74. The monoisotopic (exact) mass is 450 g/mol. The Hall–Kier alpha value is -3.37. The van der Waals surface area contributed by atoms with Crippen molar-refractivity contribution in [2.45, 2.75) is 26.7 Å². The third-order valence-electron chi connectivity index (χ3n) is 6.97. The number of hydrogen-bond donors (Lipinski definition) is 0. The van der Waals surface area contributed by atoms with Gasteiger partial charge in [0.15, 0.2) is 0 Å². The second-order valence-electron chi connectivity index (χ2n) is 9.34. The van der Waals surface area contributed by atoms with Crippen molar-refractivity contribution in [1.29, 1.82) is 0 Å². The van der Waals surface area contributed by atoms with Crippen molar-refractivity contribution in [2.75, 3.05) is 37.6 Å². The Kier molecular flexibility index (Phi) is 6.77. The zero-order chi connectivity index (χ0) is 23.3. The smallest absolute Gasteiger partial charge is 0.0743 e. The first-order chi connectivity index (χ1) is 16.7. The highest BCUT2D eigenvalue weighted by molar-refractivity contribution is 5.62. The molecule has 1 saturated heterocycles. The molecule has 0 bridgehead atoms. The molecular weight excluding hydrogens is 416 g/mol. The van der Waals surface area contributed by atoms with Gasteiger partial charge in [0.25, 0.3) is 0 Å². The summed E-state index contributed by atoms with van der Waals surface area (Å²) in [4.78, 5) is 5.13. The highest BCUT2D eigenvalue weighted by Gasteiger charge is 2.18. The van der Waals surface area contributed by atoms with Gasteiger partial charge in [-0.1, -0.05) is 54.6 Å². The van der Waals surface area contributed by atoms with Crippen LogP contribution in [-0.2, 0) is 6.42 Å². The number of hydrogen-bond acceptors (Lipinski definition) is 3.